The number of alkyl carbamates (subject to hydrolysis) is 1. The second kappa shape index (κ2) is 9.41. The van der Waals surface area contributed by atoms with Gasteiger partial charge in [-0.05, 0) is 35.7 Å². The number of methoxy groups -OCH3 is 1. The van der Waals surface area contributed by atoms with Gasteiger partial charge in [0, 0.05) is 0 Å². The number of carbonyl (C=O) groups excluding carboxylic acids is 3. The van der Waals surface area contributed by atoms with Crippen LogP contribution in [0.25, 0.3) is 0 Å². The van der Waals surface area contributed by atoms with Gasteiger partial charge in [0.05, 0.1) is 28.8 Å². The van der Waals surface area contributed by atoms with E-state index in [4.69, 9.17) is 0 Å². The second-order valence-corrected chi connectivity index (χ2v) is 8.63. The van der Waals surface area contributed by atoms with E-state index in [2.05, 4.69) is 14.8 Å². The molecule has 0 fully saturated rings. The van der Waals surface area contributed by atoms with Crippen molar-refractivity contribution in [1.29, 1.82) is 0 Å². The molecule has 0 saturated carbocycles. The molecular formula is C20H17N3O6S2. The van der Waals surface area contributed by atoms with Crippen molar-refractivity contribution in [3.8, 4) is 0 Å². The van der Waals surface area contributed by atoms with Crippen molar-refractivity contribution in [1.82, 2.24) is 5.32 Å². The van der Waals surface area contributed by atoms with Gasteiger partial charge in [-0.2, -0.15) is 0 Å². The molecule has 0 radical (unpaired) electrons. The molecule has 3 N–H and O–H groups in total. The maximum absolute atomic E-state index is 12.8. The summed E-state index contributed by atoms with van der Waals surface area (Å²) in [4.78, 5) is 36.3. The second-order valence-electron chi connectivity index (χ2n) is 6.03. The van der Waals surface area contributed by atoms with Gasteiger partial charge in [0.2, 0.25) is 0 Å². The first-order valence-corrected chi connectivity index (χ1v) is 11.1. The van der Waals surface area contributed by atoms with Crippen LogP contribution in [0.1, 0.15) is 20.7 Å². The quantitative estimate of drug-likeness (QED) is 0.518. The van der Waals surface area contributed by atoms with Crippen LogP contribution in [0.3, 0.4) is 0 Å². The Balaban J connectivity index is 1.83. The Morgan fingerprint density at radius 3 is 2.26 bits per heavy atom. The van der Waals surface area contributed by atoms with E-state index in [0.717, 1.165) is 18.4 Å². The minimum atomic E-state index is -3.91. The number of imide groups is 1. The highest BCUT2D eigenvalue weighted by Gasteiger charge is 2.21. The van der Waals surface area contributed by atoms with Gasteiger partial charge in [-0.25, -0.2) is 13.2 Å². The third kappa shape index (κ3) is 5.27. The predicted octanol–water partition coefficient (Wildman–Crippen LogP) is 3.30. The fraction of sp³-hybridized carbons (Fsp3) is 0.0500. The van der Waals surface area contributed by atoms with Gasteiger partial charge in [-0.3, -0.25) is 19.6 Å². The normalized spacial score (nSPS) is 10.7. The van der Waals surface area contributed by atoms with Crippen LogP contribution < -0.4 is 15.4 Å². The molecular weight excluding hydrogens is 442 g/mol. The third-order valence-electron chi connectivity index (χ3n) is 4.01. The minimum absolute atomic E-state index is 0.0465. The molecule has 3 aromatic rings. The van der Waals surface area contributed by atoms with Crippen LogP contribution in [0, 0.1) is 0 Å². The van der Waals surface area contributed by atoms with Crippen LogP contribution in [0.4, 0.5) is 15.5 Å². The lowest BCUT2D eigenvalue weighted by atomic mass is 10.1. The number of anilines is 2. The molecule has 0 bridgehead atoms. The Bertz CT molecular complexity index is 1220. The first-order chi connectivity index (χ1) is 14.8. The lowest BCUT2D eigenvalue weighted by Gasteiger charge is -2.13. The summed E-state index contributed by atoms with van der Waals surface area (Å²) < 4.78 is 32.1. The smallest absolute Gasteiger partial charge is 0.413 e. The fourth-order valence-corrected chi connectivity index (χ4v) is 4.42. The number of rotatable bonds is 6. The number of ether oxygens (including phenoxy) is 1. The first-order valence-electron chi connectivity index (χ1n) is 8.77. The summed E-state index contributed by atoms with van der Waals surface area (Å²) >= 11 is 1.07. The zero-order valence-electron chi connectivity index (χ0n) is 16.1. The monoisotopic (exact) mass is 459 g/mol. The molecule has 9 nitrogen and oxygen atoms in total. The number of carbonyl (C=O) groups is 3. The number of sulfonamides is 1. The zero-order valence-corrected chi connectivity index (χ0v) is 17.7. The van der Waals surface area contributed by atoms with Gasteiger partial charge in [0.15, 0.2) is 0 Å². The lowest BCUT2D eigenvalue weighted by molar-refractivity contribution is 0.0938. The largest absolute Gasteiger partial charge is 0.453 e. The van der Waals surface area contributed by atoms with Crippen LogP contribution in [0.2, 0.25) is 0 Å². The van der Waals surface area contributed by atoms with Gasteiger partial charge < -0.3 is 10.1 Å². The van der Waals surface area contributed by atoms with Crippen LogP contribution in [-0.4, -0.2) is 33.4 Å². The molecule has 2 aromatic carbocycles. The topological polar surface area (TPSA) is 131 Å². The number of thiophene rings is 1. The average molecular weight is 460 g/mol. The standard InChI is InChI=1S/C20H17N3O6S2/c1-29-20(26)22-18(25)15-11-12-30-19(15)21-17(24)14-9-5-6-10-16(14)23-31(27,28)13-7-3-2-4-8-13/h2-12,23H,1H3,(H,21,24)(H,22,25,26). The molecule has 0 aliphatic carbocycles. The highest BCUT2D eigenvalue weighted by atomic mass is 32.2. The Kier molecular flexibility index (Phi) is 6.68. The van der Waals surface area contributed by atoms with Crippen molar-refractivity contribution < 1.29 is 27.5 Å². The molecule has 3 amide bonds. The van der Waals surface area contributed by atoms with Crippen LogP contribution >= 0.6 is 11.3 Å². The Morgan fingerprint density at radius 2 is 1.55 bits per heavy atom. The van der Waals surface area contributed by atoms with E-state index >= 15 is 0 Å². The number of benzene rings is 2. The highest BCUT2D eigenvalue weighted by molar-refractivity contribution is 7.92. The SMILES string of the molecule is COC(=O)NC(=O)c1ccsc1NC(=O)c1ccccc1NS(=O)(=O)c1ccccc1. The van der Waals surface area contributed by atoms with Crippen molar-refractivity contribution in [3.05, 3.63) is 77.2 Å². The van der Waals surface area contributed by atoms with E-state index in [0.29, 0.717) is 0 Å². The molecule has 160 valence electrons. The number of hydrogen-bond donors (Lipinski definition) is 3. The van der Waals surface area contributed by atoms with E-state index in [-0.39, 0.29) is 26.7 Å². The molecule has 0 atom stereocenters. The van der Waals surface area contributed by atoms with Gasteiger partial charge >= 0.3 is 6.09 Å². The van der Waals surface area contributed by atoms with E-state index in [1.807, 2.05) is 5.32 Å². The molecule has 11 heteroatoms. The van der Waals surface area contributed by atoms with Crippen molar-refractivity contribution in [3.63, 3.8) is 0 Å². The van der Waals surface area contributed by atoms with E-state index in [1.54, 1.807) is 35.7 Å². The van der Waals surface area contributed by atoms with Crippen LogP contribution in [0.15, 0.2) is 70.9 Å². The minimum Gasteiger partial charge on any atom is -0.453 e. The Morgan fingerprint density at radius 1 is 0.871 bits per heavy atom. The summed E-state index contributed by atoms with van der Waals surface area (Å²) in [7, 11) is -2.79. The van der Waals surface area contributed by atoms with E-state index < -0.39 is 27.9 Å². The van der Waals surface area contributed by atoms with Gasteiger partial charge in [-0.1, -0.05) is 30.3 Å². The molecule has 3 rings (SSSR count). The molecule has 0 unspecified atom stereocenters. The van der Waals surface area contributed by atoms with Crippen molar-refractivity contribution in [2.75, 3.05) is 17.1 Å². The summed E-state index contributed by atoms with van der Waals surface area (Å²) in [5.74, 6) is -1.39. The maximum Gasteiger partial charge on any atom is 0.413 e. The zero-order chi connectivity index (χ0) is 22.4. The van der Waals surface area contributed by atoms with Crippen LogP contribution in [0.5, 0.6) is 0 Å². The molecule has 0 aliphatic heterocycles. The van der Waals surface area contributed by atoms with E-state index in [1.165, 1.54) is 30.3 Å². The molecule has 1 heterocycles. The third-order valence-corrected chi connectivity index (χ3v) is 6.22. The number of hydrogen-bond acceptors (Lipinski definition) is 7. The van der Waals surface area contributed by atoms with Gasteiger partial charge in [0.1, 0.15) is 5.00 Å². The average Bonchev–Trinajstić information content (AvgIpc) is 3.22. The molecule has 1 aromatic heterocycles. The fourth-order valence-electron chi connectivity index (χ4n) is 2.54. The number of para-hydroxylation sites is 1. The lowest BCUT2D eigenvalue weighted by Crippen LogP contribution is -2.30. The maximum atomic E-state index is 12.8. The van der Waals surface area contributed by atoms with Gasteiger partial charge in [-0.15, -0.1) is 11.3 Å². The van der Waals surface area contributed by atoms with Crippen LogP contribution in [-0.2, 0) is 14.8 Å². The summed E-state index contributed by atoms with van der Waals surface area (Å²) in [6.45, 7) is 0. The first kappa shape index (κ1) is 22.0. The molecule has 0 saturated heterocycles. The Hall–Kier alpha value is -3.70. The highest BCUT2D eigenvalue weighted by Crippen LogP contribution is 2.26. The van der Waals surface area contributed by atoms with Crippen molar-refractivity contribution in [2.45, 2.75) is 4.90 Å². The molecule has 0 aliphatic rings. The summed E-state index contributed by atoms with van der Waals surface area (Å²) in [6.07, 6.45) is -0.936. The summed E-state index contributed by atoms with van der Waals surface area (Å²) in [6, 6.07) is 15.2. The Labute approximate surface area is 182 Å². The predicted molar refractivity (Wildman–Crippen MR) is 116 cm³/mol. The summed E-state index contributed by atoms with van der Waals surface area (Å²) in [5.41, 5.74) is 0.182. The van der Waals surface area contributed by atoms with Crippen molar-refractivity contribution in [2.24, 2.45) is 0 Å². The number of nitrogens with one attached hydrogen (secondary N) is 3. The van der Waals surface area contributed by atoms with Gasteiger partial charge in [0.25, 0.3) is 21.8 Å². The molecule has 31 heavy (non-hydrogen) atoms. The molecule has 0 spiro atoms. The van der Waals surface area contributed by atoms with E-state index in [9.17, 15) is 22.8 Å². The summed E-state index contributed by atoms with van der Waals surface area (Å²) in [5, 5.41) is 6.33. The van der Waals surface area contributed by atoms with Crippen molar-refractivity contribution >= 4 is 50.0 Å². The number of amides is 3.